The maximum atomic E-state index is 13.2. The maximum Gasteiger partial charge on any atom is 0.263 e. The van der Waals surface area contributed by atoms with Gasteiger partial charge in [0.15, 0.2) is 0 Å². The number of hydrogen-bond donors (Lipinski definition) is 1. The lowest BCUT2D eigenvalue weighted by atomic mass is 9.78. The van der Waals surface area contributed by atoms with Crippen molar-refractivity contribution in [2.75, 3.05) is 0 Å². The number of hydrogen-bond acceptors (Lipinski definition) is 4. The molecule has 1 N–H and O–H groups in total. The molecule has 152 valence electrons. The van der Waals surface area contributed by atoms with Crippen LogP contribution in [-0.2, 0) is 11.3 Å². The largest absolute Gasteiger partial charge is 0.352 e. The lowest BCUT2D eigenvalue weighted by Crippen LogP contribution is -2.45. The molecular formula is C23H27N3O2S. The Morgan fingerprint density at radius 2 is 2.00 bits per heavy atom. The zero-order valence-corrected chi connectivity index (χ0v) is 18.0. The van der Waals surface area contributed by atoms with Gasteiger partial charge in [-0.3, -0.25) is 14.2 Å². The van der Waals surface area contributed by atoms with Crippen LogP contribution in [0, 0.1) is 18.8 Å². The molecule has 1 aliphatic rings. The molecule has 1 aliphatic carbocycles. The summed E-state index contributed by atoms with van der Waals surface area (Å²) in [7, 11) is 0. The summed E-state index contributed by atoms with van der Waals surface area (Å²) < 4.78 is 1.44. The van der Waals surface area contributed by atoms with Crippen LogP contribution in [0.25, 0.3) is 21.3 Å². The Labute approximate surface area is 174 Å². The minimum absolute atomic E-state index is 0.00248. The van der Waals surface area contributed by atoms with Gasteiger partial charge in [0.05, 0.1) is 11.7 Å². The highest BCUT2D eigenvalue weighted by molar-refractivity contribution is 7.19. The third-order valence-corrected chi connectivity index (χ3v) is 7.30. The standard InChI is InChI=1S/C23H27N3O2S/c1-14-8-7-11-18(15(14)2)25-19(27)12-26-13-24-22-21(23(26)28)20(16(3)29-22)17-9-5-4-6-10-17/h4-6,9-10,13-15,18H,7-8,11-12H2,1-3H3,(H,25,27). The molecule has 2 heterocycles. The number of rotatable bonds is 4. The van der Waals surface area contributed by atoms with E-state index in [1.165, 1.54) is 28.7 Å². The molecule has 1 saturated carbocycles. The first-order valence-corrected chi connectivity index (χ1v) is 11.1. The number of aromatic nitrogens is 2. The van der Waals surface area contributed by atoms with Crippen LogP contribution in [0.2, 0.25) is 0 Å². The SMILES string of the molecule is Cc1sc2ncn(CC(=O)NC3CCCC(C)C3C)c(=O)c2c1-c1ccccc1. The van der Waals surface area contributed by atoms with Crippen LogP contribution in [0.5, 0.6) is 0 Å². The molecule has 1 aromatic carbocycles. The molecule has 1 fully saturated rings. The molecule has 0 radical (unpaired) electrons. The van der Waals surface area contributed by atoms with Crippen molar-refractivity contribution < 1.29 is 4.79 Å². The van der Waals surface area contributed by atoms with Gasteiger partial charge >= 0.3 is 0 Å². The van der Waals surface area contributed by atoms with Crippen LogP contribution >= 0.6 is 11.3 Å². The first-order chi connectivity index (χ1) is 14.0. The quantitative estimate of drug-likeness (QED) is 0.696. The van der Waals surface area contributed by atoms with Gasteiger partial charge in [-0.25, -0.2) is 4.98 Å². The number of amides is 1. The van der Waals surface area contributed by atoms with E-state index in [0.717, 1.165) is 33.7 Å². The van der Waals surface area contributed by atoms with E-state index in [1.54, 1.807) is 0 Å². The van der Waals surface area contributed by atoms with Gasteiger partial charge in [-0.2, -0.15) is 0 Å². The number of benzene rings is 1. The Kier molecular flexibility index (Phi) is 5.54. The zero-order chi connectivity index (χ0) is 20.5. The predicted molar refractivity (Wildman–Crippen MR) is 118 cm³/mol. The fourth-order valence-electron chi connectivity index (χ4n) is 4.40. The molecule has 5 nitrogen and oxygen atoms in total. The van der Waals surface area contributed by atoms with E-state index in [2.05, 4.69) is 24.1 Å². The first kappa shape index (κ1) is 19.8. The summed E-state index contributed by atoms with van der Waals surface area (Å²) in [6, 6.07) is 10.1. The summed E-state index contributed by atoms with van der Waals surface area (Å²) >= 11 is 1.52. The molecule has 2 aromatic heterocycles. The molecule has 3 aromatic rings. The lowest BCUT2D eigenvalue weighted by Gasteiger charge is -2.34. The van der Waals surface area contributed by atoms with Crippen LogP contribution in [0.4, 0.5) is 0 Å². The number of nitrogens with zero attached hydrogens (tertiary/aromatic N) is 2. The molecule has 6 heteroatoms. The highest BCUT2D eigenvalue weighted by Gasteiger charge is 2.28. The van der Waals surface area contributed by atoms with Crippen LogP contribution in [0.1, 0.15) is 38.0 Å². The van der Waals surface area contributed by atoms with Gasteiger partial charge in [-0.1, -0.05) is 57.0 Å². The van der Waals surface area contributed by atoms with Crippen molar-refractivity contribution in [1.29, 1.82) is 0 Å². The zero-order valence-electron chi connectivity index (χ0n) is 17.1. The average molecular weight is 410 g/mol. The summed E-state index contributed by atoms with van der Waals surface area (Å²) in [6.45, 7) is 6.46. The van der Waals surface area contributed by atoms with E-state index >= 15 is 0 Å². The summed E-state index contributed by atoms with van der Waals surface area (Å²) in [5.41, 5.74) is 1.77. The van der Waals surface area contributed by atoms with Gasteiger partial charge < -0.3 is 5.32 Å². The van der Waals surface area contributed by atoms with E-state index in [0.29, 0.717) is 17.2 Å². The van der Waals surface area contributed by atoms with Crippen molar-refractivity contribution >= 4 is 27.5 Å². The van der Waals surface area contributed by atoms with Crippen molar-refractivity contribution in [2.24, 2.45) is 11.8 Å². The Morgan fingerprint density at radius 1 is 1.24 bits per heavy atom. The third-order valence-electron chi connectivity index (χ3n) is 6.28. The fraction of sp³-hybridized carbons (Fsp3) is 0.435. The van der Waals surface area contributed by atoms with Crippen LogP contribution in [0.15, 0.2) is 41.5 Å². The van der Waals surface area contributed by atoms with Crippen LogP contribution in [-0.4, -0.2) is 21.5 Å². The number of carbonyl (C=O) groups excluding carboxylic acids is 1. The van der Waals surface area contributed by atoms with Crippen molar-refractivity contribution in [3.05, 3.63) is 51.9 Å². The smallest absolute Gasteiger partial charge is 0.263 e. The number of nitrogens with one attached hydrogen (secondary N) is 1. The third kappa shape index (κ3) is 3.86. The van der Waals surface area contributed by atoms with E-state index in [1.807, 2.05) is 37.3 Å². The number of aryl methyl sites for hydroxylation is 1. The molecule has 0 bridgehead atoms. The van der Waals surface area contributed by atoms with E-state index in [9.17, 15) is 9.59 Å². The Bertz CT molecular complexity index is 1090. The van der Waals surface area contributed by atoms with Gasteiger partial charge in [0.1, 0.15) is 11.4 Å². The topological polar surface area (TPSA) is 64.0 Å². The minimum atomic E-state index is -0.154. The molecule has 4 rings (SSSR count). The predicted octanol–water partition coefficient (Wildman–Crippen LogP) is 4.37. The molecule has 0 saturated heterocycles. The van der Waals surface area contributed by atoms with Crippen molar-refractivity contribution in [3.8, 4) is 11.1 Å². The molecule has 1 amide bonds. The monoisotopic (exact) mass is 409 g/mol. The van der Waals surface area contributed by atoms with Gasteiger partial charge in [-0.05, 0) is 30.7 Å². The van der Waals surface area contributed by atoms with E-state index in [4.69, 9.17) is 0 Å². The summed E-state index contributed by atoms with van der Waals surface area (Å²) in [4.78, 5) is 32.2. The second-order valence-electron chi connectivity index (χ2n) is 8.20. The summed E-state index contributed by atoms with van der Waals surface area (Å²) in [5.74, 6) is 0.943. The Hall–Kier alpha value is -2.47. The normalized spacial score (nSPS) is 22.0. The number of carbonyl (C=O) groups is 1. The number of thiophene rings is 1. The second-order valence-corrected chi connectivity index (χ2v) is 9.40. The fourth-order valence-corrected chi connectivity index (χ4v) is 5.40. The molecule has 29 heavy (non-hydrogen) atoms. The molecule has 0 spiro atoms. The second kappa shape index (κ2) is 8.11. The molecule has 0 aliphatic heterocycles. The number of fused-ring (bicyclic) bond motifs is 1. The van der Waals surface area contributed by atoms with Crippen LogP contribution < -0.4 is 10.9 Å². The Balaban J connectivity index is 1.63. The van der Waals surface area contributed by atoms with Crippen LogP contribution in [0.3, 0.4) is 0 Å². The summed E-state index contributed by atoms with van der Waals surface area (Å²) in [5, 5.41) is 3.76. The average Bonchev–Trinajstić information content (AvgIpc) is 3.05. The highest BCUT2D eigenvalue weighted by atomic mass is 32.1. The van der Waals surface area contributed by atoms with Crippen molar-refractivity contribution in [1.82, 2.24) is 14.9 Å². The highest BCUT2D eigenvalue weighted by Crippen LogP contribution is 2.35. The Morgan fingerprint density at radius 3 is 2.76 bits per heavy atom. The van der Waals surface area contributed by atoms with E-state index < -0.39 is 0 Å². The lowest BCUT2D eigenvalue weighted by molar-refractivity contribution is -0.123. The molecule has 3 unspecified atom stereocenters. The first-order valence-electron chi connectivity index (χ1n) is 10.3. The van der Waals surface area contributed by atoms with E-state index in [-0.39, 0.29) is 24.1 Å². The minimum Gasteiger partial charge on any atom is -0.352 e. The summed E-state index contributed by atoms with van der Waals surface area (Å²) in [6.07, 6.45) is 4.86. The molecule has 3 atom stereocenters. The van der Waals surface area contributed by atoms with Gasteiger partial charge in [0.2, 0.25) is 5.91 Å². The maximum absolute atomic E-state index is 13.2. The van der Waals surface area contributed by atoms with Gasteiger partial charge in [-0.15, -0.1) is 11.3 Å². The van der Waals surface area contributed by atoms with Gasteiger partial charge in [0.25, 0.3) is 5.56 Å². The molecular weight excluding hydrogens is 382 g/mol. The van der Waals surface area contributed by atoms with Crippen molar-refractivity contribution in [3.63, 3.8) is 0 Å². The van der Waals surface area contributed by atoms with Crippen molar-refractivity contribution in [2.45, 2.75) is 52.6 Å². The van der Waals surface area contributed by atoms with Gasteiger partial charge in [0, 0.05) is 16.5 Å².